The lowest BCUT2D eigenvalue weighted by Gasteiger charge is -2.21. The minimum absolute atomic E-state index is 0.618. The molecule has 0 radical (unpaired) electrons. The van der Waals surface area contributed by atoms with Crippen LogP contribution in [0.1, 0.15) is 18.1 Å². The van der Waals surface area contributed by atoms with Crippen LogP contribution in [0.25, 0.3) is 0 Å². The SMILES string of the molecule is CCN(c1cccc(C)c1)c1nccc(NCc2ccc(OC)c(OC)c2)n1. The van der Waals surface area contributed by atoms with Gasteiger partial charge in [0.2, 0.25) is 5.95 Å². The van der Waals surface area contributed by atoms with Crippen LogP contribution in [0.3, 0.4) is 0 Å². The molecule has 0 unspecified atom stereocenters. The Balaban J connectivity index is 1.76. The van der Waals surface area contributed by atoms with Crippen molar-refractivity contribution in [2.24, 2.45) is 0 Å². The molecule has 0 fully saturated rings. The van der Waals surface area contributed by atoms with Crippen LogP contribution < -0.4 is 19.7 Å². The summed E-state index contributed by atoms with van der Waals surface area (Å²) in [6, 6.07) is 16.1. The van der Waals surface area contributed by atoms with E-state index in [4.69, 9.17) is 9.47 Å². The molecule has 0 aliphatic carbocycles. The number of nitrogens with one attached hydrogen (secondary N) is 1. The van der Waals surface area contributed by atoms with Gasteiger partial charge in [0.15, 0.2) is 11.5 Å². The van der Waals surface area contributed by atoms with E-state index in [0.717, 1.165) is 23.6 Å². The molecule has 3 aromatic rings. The molecular formula is C22H26N4O2. The quantitative estimate of drug-likeness (QED) is 0.619. The third-order valence-electron chi connectivity index (χ3n) is 4.44. The van der Waals surface area contributed by atoms with E-state index >= 15 is 0 Å². The zero-order valence-corrected chi connectivity index (χ0v) is 16.8. The molecule has 1 heterocycles. The van der Waals surface area contributed by atoms with Crippen LogP contribution in [-0.2, 0) is 6.54 Å². The first kappa shape index (κ1) is 19.5. The van der Waals surface area contributed by atoms with Crippen molar-refractivity contribution in [2.75, 3.05) is 31.0 Å². The second-order valence-electron chi connectivity index (χ2n) is 6.37. The number of ether oxygens (including phenoxy) is 2. The molecule has 0 bridgehead atoms. The summed E-state index contributed by atoms with van der Waals surface area (Å²) in [4.78, 5) is 11.2. The predicted octanol–water partition coefficient (Wildman–Crippen LogP) is 4.57. The van der Waals surface area contributed by atoms with Gasteiger partial charge in [-0.25, -0.2) is 4.98 Å². The fourth-order valence-corrected chi connectivity index (χ4v) is 3.00. The first-order valence-electron chi connectivity index (χ1n) is 9.26. The highest BCUT2D eigenvalue weighted by Crippen LogP contribution is 2.28. The zero-order valence-electron chi connectivity index (χ0n) is 16.8. The summed E-state index contributed by atoms with van der Waals surface area (Å²) < 4.78 is 10.7. The number of benzene rings is 2. The largest absolute Gasteiger partial charge is 0.493 e. The van der Waals surface area contributed by atoms with Crippen LogP contribution in [0.2, 0.25) is 0 Å². The Bertz CT molecular complexity index is 930. The van der Waals surface area contributed by atoms with Gasteiger partial charge in [-0.05, 0) is 55.3 Å². The topological polar surface area (TPSA) is 59.5 Å². The summed E-state index contributed by atoms with van der Waals surface area (Å²) in [7, 11) is 3.27. The number of hydrogen-bond acceptors (Lipinski definition) is 6. The van der Waals surface area contributed by atoms with Crippen LogP contribution in [0, 0.1) is 6.92 Å². The summed E-state index contributed by atoms with van der Waals surface area (Å²) in [6.07, 6.45) is 1.78. The molecule has 0 amide bonds. The monoisotopic (exact) mass is 378 g/mol. The molecular weight excluding hydrogens is 352 g/mol. The first-order valence-corrected chi connectivity index (χ1v) is 9.26. The van der Waals surface area contributed by atoms with Gasteiger partial charge >= 0.3 is 0 Å². The van der Waals surface area contributed by atoms with Crippen LogP contribution in [-0.4, -0.2) is 30.7 Å². The molecule has 0 aliphatic rings. The van der Waals surface area contributed by atoms with Crippen molar-refractivity contribution < 1.29 is 9.47 Å². The average molecular weight is 378 g/mol. The predicted molar refractivity (Wildman–Crippen MR) is 113 cm³/mol. The van der Waals surface area contributed by atoms with Crippen molar-refractivity contribution in [1.29, 1.82) is 0 Å². The molecule has 0 saturated heterocycles. The van der Waals surface area contributed by atoms with Gasteiger partial charge in [-0.1, -0.05) is 18.2 Å². The lowest BCUT2D eigenvalue weighted by Crippen LogP contribution is -2.19. The molecule has 6 nitrogen and oxygen atoms in total. The Labute approximate surface area is 166 Å². The minimum atomic E-state index is 0.618. The van der Waals surface area contributed by atoms with E-state index in [1.807, 2.05) is 30.3 Å². The van der Waals surface area contributed by atoms with Crippen LogP contribution in [0.15, 0.2) is 54.7 Å². The zero-order chi connectivity index (χ0) is 19.9. The van der Waals surface area contributed by atoms with E-state index in [1.165, 1.54) is 5.56 Å². The number of hydrogen-bond donors (Lipinski definition) is 1. The Morgan fingerprint density at radius 2 is 1.82 bits per heavy atom. The van der Waals surface area contributed by atoms with E-state index in [0.29, 0.717) is 24.0 Å². The molecule has 0 spiro atoms. The molecule has 28 heavy (non-hydrogen) atoms. The lowest BCUT2D eigenvalue weighted by atomic mass is 10.2. The fourth-order valence-electron chi connectivity index (χ4n) is 3.00. The average Bonchev–Trinajstić information content (AvgIpc) is 2.73. The molecule has 146 valence electrons. The normalized spacial score (nSPS) is 10.4. The summed E-state index contributed by atoms with van der Waals surface area (Å²) in [6.45, 7) is 5.57. The standard InChI is InChI=1S/C22H26N4O2/c1-5-26(18-8-6-7-16(2)13-18)22-23-12-11-21(25-22)24-15-17-9-10-19(27-3)20(14-17)28-4/h6-14H,5,15H2,1-4H3,(H,23,24,25). The minimum Gasteiger partial charge on any atom is -0.493 e. The van der Waals surface area contributed by atoms with Crippen LogP contribution in [0.4, 0.5) is 17.5 Å². The van der Waals surface area contributed by atoms with Gasteiger partial charge in [0.25, 0.3) is 0 Å². The van der Waals surface area contributed by atoms with Crippen LogP contribution in [0.5, 0.6) is 11.5 Å². The summed E-state index contributed by atoms with van der Waals surface area (Å²) >= 11 is 0. The van der Waals surface area contributed by atoms with Crippen molar-refractivity contribution in [2.45, 2.75) is 20.4 Å². The third-order valence-corrected chi connectivity index (χ3v) is 4.44. The Morgan fingerprint density at radius 3 is 2.54 bits per heavy atom. The molecule has 2 aromatic carbocycles. The molecule has 1 aromatic heterocycles. The highest BCUT2D eigenvalue weighted by molar-refractivity contribution is 5.59. The molecule has 3 rings (SSSR count). The number of anilines is 3. The smallest absolute Gasteiger partial charge is 0.231 e. The molecule has 1 N–H and O–H groups in total. The molecule has 0 saturated carbocycles. The maximum Gasteiger partial charge on any atom is 0.231 e. The lowest BCUT2D eigenvalue weighted by molar-refractivity contribution is 0.354. The Kier molecular flexibility index (Phi) is 6.32. The van der Waals surface area contributed by atoms with E-state index in [-0.39, 0.29) is 0 Å². The van der Waals surface area contributed by atoms with Crippen molar-refractivity contribution in [3.63, 3.8) is 0 Å². The number of aryl methyl sites for hydroxylation is 1. The van der Waals surface area contributed by atoms with Crippen LogP contribution >= 0.6 is 0 Å². The Morgan fingerprint density at radius 1 is 1.00 bits per heavy atom. The third kappa shape index (κ3) is 4.52. The maximum atomic E-state index is 5.37. The molecule has 0 atom stereocenters. The number of rotatable bonds is 8. The van der Waals surface area contributed by atoms with Gasteiger partial charge in [-0.15, -0.1) is 0 Å². The maximum absolute atomic E-state index is 5.37. The van der Waals surface area contributed by atoms with Gasteiger partial charge in [-0.2, -0.15) is 4.98 Å². The van der Waals surface area contributed by atoms with E-state index in [2.05, 4.69) is 52.2 Å². The van der Waals surface area contributed by atoms with Crippen molar-refractivity contribution in [3.8, 4) is 11.5 Å². The van der Waals surface area contributed by atoms with Gasteiger partial charge in [0, 0.05) is 25.0 Å². The second kappa shape index (κ2) is 9.08. The van der Waals surface area contributed by atoms with E-state index < -0.39 is 0 Å². The number of aromatic nitrogens is 2. The summed E-state index contributed by atoms with van der Waals surface area (Å²) in [5.74, 6) is 2.87. The second-order valence-corrected chi connectivity index (χ2v) is 6.37. The van der Waals surface area contributed by atoms with Crippen molar-refractivity contribution in [1.82, 2.24) is 9.97 Å². The number of nitrogens with zero attached hydrogens (tertiary/aromatic N) is 3. The Hall–Kier alpha value is -3.28. The van der Waals surface area contributed by atoms with Gasteiger partial charge < -0.3 is 19.7 Å². The summed E-state index contributed by atoms with van der Waals surface area (Å²) in [5.41, 5.74) is 3.36. The van der Waals surface area contributed by atoms with Gasteiger partial charge in [0.05, 0.1) is 14.2 Å². The van der Waals surface area contributed by atoms with Gasteiger partial charge in [-0.3, -0.25) is 0 Å². The van der Waals surface area contributed by atoms with Crippen molar-refractivity contribution in [3.05, 3.63) is 65.9 Å². The van der Waals surface area contributed by atoms with E-state index in [9.17, 15) is 0 Å². The highest BCUT2D eigenvalue weighted by Gasteiger charge is 2.11. The molecule has 0 aliphatic heterocycles. The first-order chi connectivity index (χ1) is 13.6. The number of methoxy groups -OCH3 is 2. The van der Waals surface area contributed by atoms with Gasteiger partial charge in [0.1, 0.15) is 5.82 Å². The highest BCUT2D eigenvalue weighted by atomic mass is 16.5. The fraction of sp³-hybridized carbons (Fsp3) is 0.273. The molecule has 6 heteroatoms. The summed E-state index contributed by atoms with van der Waals surface area (Å²) in [5, 5.41) is 3.36. The van der Waals surface area contributed by atoms with Crippen molar-refractivity contribution >= 4 is 17.5 Å². The van der Waals surface area contributed by atoms with E-state index in [1.54, 1.807) is 20.4 Å².